The van der Waals surface area contributed by atoms with Crippen LogP contribution in [0.25, 0.3) is 10.6 Å². The summed E-state index contributed by atoms with van der Waals surface area (Å²) in [4.78, 5) is 23.2. The van der Waals surface area contributed by atoms with Crippen molar-refractivity contribution >= 4 is 17.4 Å². The maximum Gasteiger partial charge on any atom is 1.00 e. The molecule has 0 aliphatic heterocycles. The number of ketones is 1. The molecule has 0 atom stereocenters. The molecule has 1 rings (SSSR count). The van der Waals surface area contributed by atoms with Crippen LogP contribution in [0.15, 0.2) is 30.3 Å². The average molecular weight is 515 g/mol. The molecule has 0 heterocycles. The second-order valence-electron chi connectivity index (χ2n) is 6.75. The molecule has 6 heteroatoms. The van der Waals surface area contributed by atoms with Crippen LogP contribution in [0.3, 0.4) is 0 Å². The third kappa shape index (κ3) is 18.4. The van der Waals surface area contributed by atoms with Crippen LogP contribution < -0.4 is 116 Å². The van der Waals surface area contributed by atoms with E-state index in [2.05, 4.69) is 10.6 Å². The fraction of sp³-hybridized carbons (Fsp3) is 0.619. The van der Waals surface area contributed by atoms with Crippen molar-refractivity contribution in [3.8, 4) is 0 Å². The Morgan fingerprint density at radius 2 is 1.37 bits per heavy atom. The normalized spacial score (nSPS) is 10.0. The first-order valence-electron chi connectivity index (χ1n) is 9.55. The third-order valence-electron chi connectivity index (χ3n) is 4.10. The number of amides is 1. The molecule has 0 aromatic heterocycles. The van der Waals surface area contributed by atoms with Crippen molar-refractivity contribution in [3.05, 3.63) is 41.0 Å². The van der Waals surface area contributed by atoms with Gasteiger partial charge in [-0.15, -0.1) is 18.8 Å². The van der Waals surface area contributed by atoms with Crippen molar-refractivity contribution in [1.82, 2.24) is 0 Å². The Kier molecular flexibility index (Phi) is 24.4. The molecule has 0 spiro atoms. The van der Waals surface area contributed by atoms with Crippen molar-refractivity contribution in [3.63, 3.8) is 0 Å². The first-order valence-corrected chi connectivity index (χ1v) is 9.55. The van der Waals surface area contributed by atoms with Crippen LogP contribution in [0.1, 0.15) is 65.2 Å². The van der Waals surface area contributed by atoms with Crippen LogP contribution in [0.5, 0.6) is 0 Å². The fourth-order valence-electron chi connectivity index (χ4n) is 2.48. The quantitative estimate of drug-likeness (QED) is 0.327. The van der Waals surface area contributed by atoms with Gasteiger partial charge in [-0.1, -0.05) is 69.9 Å². The summed E-state index contributed by atoms with van der Waals surface area (Å²) in [6.07, 6.45) is 7.28. The molecule has 0 N–H and O–H groups in total. The summed E-state index contributed by atoms with van der Waals surface area (Å²) < 4.78 is 0. The zero-order chi connectivity index (χ0) is 18.3. The monoisotopic (exact) mass is 514 g/mol. The average Bonchev–Trinajstić information content (AvgIpc) is 2.60. The first kappa shape index (κ1) is 31.1. The standard InChI is InChI=1S/C21H33N2O2.2Rb/c1-18(2)20(24)14-8-4-10-16-22-17-11-5-9-15-21(25)23-19-12-6-3-7-13-19;;/h3,6-7,12-13,18H,4-5,8-11,14-17H2,1-2H3,(H,23,25);;/q-1;2*+1/p-1. The van der Waals surface area contributed by atoms with E-state index in [1.165, 1.54) is 0 Å². The van der Waals surface area contributed by atoms with E-state index < -0.39 is 0 Å². The van der Waals surface area contributed by atoms with Gasteiger partial charge in [-0.3, -0.25) is 4.79 Å². The minimum atomic E-state index is -0.0425. The van der Waals surface area contributed by atoms with Gasteiger partial charge in [0.15, 0.2) is 0 Å². The van der Waals surface area contributed by atoms with Gasteiger partial charge in [0, 0.05) is 12.3 Å². The van der Waals surface area contributed by atoms with Crippen molar-refractivity contribution in [2.24, 2.45) is 5.92 Å². The zero-order valence-electron chi connectivity index (χ0n) is 17.7. The Balaban J connectivity index is 0. The predicted octanol–water partition coefficient (Wildman–Crippen LogP) is -0.0540. The zero-order valence-corrected chi connectivity index (χ0v) is 27.6. The molecule has 1 aromatic rings. The van der Waals surface area contributed by atoms with E-state index in [0.29, 0.717) is 18.6 Å². The number of rotatable bonds is 14. The number of para-hydroxylation sites is 1. The summed E-state index contributed by atoms with van der Waals surface area (Å²) in [6.45, 7) is 5.68. The largest absolute Gasteiger partial charge is 1.00 e. The SMILES string of the molecule is CC(C)C(=O)CCCCC[N-]CCCCCC(=O)[N-]c1ccccc1.[Rb+].[Rb+]. The number of Topliss-reactive ketones (excluding diaryl/α,β-unsaturated/α-hetero) is 1. The summed E-state index contributed by atoms with van der Waals surface area (Å²) >= 11 is 0. The minimum absolute atomic E-state index is 0. The van der Waals surface area contributed by atoms with Gasteiger partial charge >= 0.3 is 116 Å². The summed E-state index contributed by atoms with van der Waals surface area (Å²) in [5.41, 5.74) is 0.734. The Morgan fingerprint density at radius 1 is 0.815 bits per heavy atom. The Hall–Kier alpha value is 1.93. The van der Waals surface area contributed by atoms with Gasteiger partial charge in [-0.2, -0.15) is 0 Å². The summed E-state index contributed by atoms with van der Waals surface area (Å²) in [6, 6.07) is 9.37. The fourth-order valence-corrected chi connectivity index (χ4v) is 2.48. The van der Waals surface area contributed by atoms with Gasteiger partial charge in [-0.25, -0.2) is 0 Å². The van der Waals surface area contributed by atoms with E-state index in [9.17, 15) is 9.59 Å². The molecule has 140 valence electrons. The van der Waals surface area contributed by atoms with Crippen LogP contribution >= 0.6 is 0 Å². The van der Waals surface area contributed by atoms with Crippen molar-refractivity contribution in [2.45, 2.75) is 65.2 Å². The predicted molar refractivity (Wildman–Crippen MR) is 104 cm³/mol. The molecular formula is C21H32N2O2Rb2. The number of benzene rings is 1. The number of nitrogens with zero attached hydrogens (tertiary/aromatic N) is 2. The Bertz CT molecular complexity index is 496. The third-order valence-corrected chi connectivity index (χ3v) is 4.10. The van der Waals surface area contributed by atoms with Gasteiger partial charge in [0.05, 0.1) is 5.91 Å². The van der Waals surface area contributed by atoms with Gasteiger partial charge in [0.2, 0.25) is 0 Å². The molecule has 0 unspecified atom stereocenters. The Labute approximate surface area is 263 Å². The van der Waals surface area contributed by atoms with Crippen molar-refractivity contribution in [2.75, 3.05) is 13.1 Å². The summed E-state index contributed by atoms with van der Waals surface area (Å²) in [5, 5.41) is 8.59. The molecule has 0 radical (unpaired) electrons. The van der Waals surface area contributed by atoms with E-state index in [1.807, 2.05) is 44.2 Å². The molecule has 0 saturated carbocycles. The van der Waals surface area contributed by atoms with E-state index in [1.54, 1.807) is 0 Å². The van der Waals surface area contributed by atoms with Crippen molar-refractivity contribution < 1.29 is 126 Å². The molecule has 27 heavy (non-hydrogen) atoms. The number of hydrogen-bond acceptors (Lipinski definition) is 2. The second kappa shape index (κ2) is 21.2. The van der Waals surface area contributed by atoms with Gasteiger partial charge in [0.25, 0.3) is 0 Å². The van der Waals surface area contributed by atoms with Crippen LogP contribution in [0.2, 0.25) is 0 Å². The van der Waals surface area contributed by atoms with E-state index in [-0.39, 0.29) is 128 Å². The molecule has 0 aliphatic rings. The molecule has 0 saturated heterocycles. The molecule has 0 aliphatic carbocycles. The van der Waals surface area contributed by atoms with Gasteiger partial charge < -0.3 is 15.4 Å². The van der Waals surface area contributed by atoms with Gasteiger partial charge in [0.1, 0.15) is 5.78 Å². The van der Waals surface area contributed by atoms with E-state index in [4.69, 9.17) is 0 Å². The van der Waals surface area contributed by atoms with Crippen LogP contribution in [-0.2, 0) is 9.59 Å². The van der Waals surface area contributed by atoms with E-state index >= 15 is 0 Å². The topological polar surface area (TPSA) is 62.3 Å². The molecule has 1 aromatic carbocycles. The first-order chi connectivity index (χ1) is 12.1. The maximum atomic E-state index is 11.7. The van der Waals surface area contributed by atoms with Gasteiger partial charge in [-0.05, 0) is 19.3 Å². The molecule has 1 amide bonds. The van der Waals surface area contributed by atoms with Crippen LogP contribution in [0, 0.1) is 5.92 Å². The van der Waals surface area contributed by atoms with Crippen LogP contribution in [0.4, 0.5) is 5.69 Å². The molecule has 4 nitrogen and oxygen atoms in total. The smallest absolute Gasteiger partial charge is 0.662 e. The molecular weight excluding hydrogens is 483 g/mol. The van der Waals surface area contributed by atoms with E-state index in [0.717, 1.165) is 57.3 Å². The maximum absolute atomic E-state index is 11.7. The number of hydrogen-bond donors (Lipinski definition) is 0. The number of unbranched alkanes of at least 4 members (excludes halogenated alkanes) is 4. The van der Waals surface area contributed by atoms with Crippen LogP contribution in [-0.4, -0.2) is 24.8 Å². The number of carbonyl (C=O) groups excluding carboxylic acids is 2. The summed E-state index contributed by atoms with van der Waals surface area (Å²) in [7, 11) is 0. The van der Waals surface area contributed by atoms with Crippen molar-refractivity contribution in [1.29, 1.82) is 0 Å². The summed E-state index contributed by atoms with van der Waals surface area (Å²) in [5.74, 6) is 0.488. The Morgan fingerprint density at radius 3 is 1.93 bits per heavy atom. The molecule has 0 fully saturated rings. The number of carbonyl (C=O) groups is 2. The minimum Gasteiger partial charge on any atom is -0.662 e. The second-order valence-corrected chi connectivity index (χ2v) is 6.75. The molecule has 0 bridgehead atoms.